The Hall–Kier alpha value is -2.68. The van der Waals surface area contributed by atoms with E-state index in [-0.39, 0.29) is 17.3 Å². The molecule has 0 bridgehead atoms. The van der Waals surface area contributed by atoms with Crippen LogP contribution in [0.15, 0.2) is 88.2 Å². The van der Waals surface area contributed by atoms with Crippen LogP contribution in [-0.4, -0.2) is 31.7 Å². The van der Waals surface area contributed by atoms with Crippen LogP contribution in [0.2, 0.25) is 0 Å². The zero-order chi connectivity index (χ0) is 22.6. The van der Waals surface area contributed by atoms with Gasteiger partial charge < -0.3 is 10.1 Å². The molecule has 3 aromatic carbocycles. The third kappa shape index (κ3) is 5.38. The first-order chi connectivity index (χ1) is 15.4. The number of nitrogens with one attached hydrogen (secondary N) is 1. The second kappa shape index (κ2) is 9.85. The van der Waals surface area contributed by atoms with Crippen LogP contribution in [0, 0.1) is 5.92 Å². The number of hydrogen-bond donors (Lipinski definition) is 1. The van der Waals surface area contributed by atoms with Gasteiger partial charge in [-0.1, -0.05) is 34.1 Å². The Morgan fingerprint density at radius 1 is 0.938 bits per heavy atom. The van der Waals surface area contributed by atoms with Crippen molar-refractivity contribution in [2.45, 2.75) is 17.7 Å². The van der Waals surface area contributed by atoms with Crippen LogP contribution in [0.4, 0.5) is 5.69 Å². The number of amides is 1. The Balaban J connectivity index is 1.38. The summed E-state index contributed by atoms with van der Waals surface area (Å²) in [6.07, 6.45) is 1.28. The molecule has 1 heterocycles. The first-order valence-corrected chi connectivity index (χ1v) is 12.5. The molecule has 0 unspecified atom stereocenters. The standard InChI is InChI=1S/C24H23BrN2O4S/c25-19-8-14-23(15-9-19)32(29,30)27-16-4-5-18(17-27)24(28)26-20-10-12-22(13-11-20)31-21-6-2-1-3-7-21/h1-3,6-15,18H,4-5,16-17H2,(H,26,28)/t18-/m1/s1. The lowest BCUT2D eigenvalue weighted by Crippen LogP contribution is -2.43. The van der Waals surface area contributed by atoms with Gasteiger partial charge in [0.2, 0.25) is 15.9 Å². The highest BCUT2D eigenvalue weighted by Crippen LogP contribution is 2.27. The number of para-hydroxylation sites is 1. The lowest BCUT2D eigenvalue weighted by molar-refractivity contribution is -0.120. The van der Waals surface area contributed by atoms with Crippen molar-refractivity contribution in [2.75, 3.05) is 18.4 Å². The summed E-state index contributed by atoms with van der Waals surface area (Å²) in [6, 6.07) is 23.1. The van der Waals surface area contributed by atoms with E-state index in [1.54, 1.807) is 48.5 Å². The van der Waals surface area contributed by atoms with Gasteiger partial charge in [-0.05, 0) is 73.5 Å². The van der Waals surface area contributed by atoms with Crippen molar-refractivity contribution in [3.8, 4) is 11.5 Å². The van der Waals surface area contributed by atoms with E-state index in [1.165, 1.54) is 4.31 Å². The summed E-state index contributed by atoms with van der Waals surface area (Å²) in [4.78, 5) is 13.1. The number of hydrogen-bond acceptors (Lipinski definition) is 4. The molecule has 1 aliphatic rings. The van der Waals surface area contributed by atoms with Crippen molar-refractivity contribution in [2.24, 2.45) is 5.92 Å². The minimum atomic E-state index is -3.64. The van der Waals surface area contributed by atoms with Crippen molar-refractivity contribution in [1.29, 1.82) is 0 Å². The van der Waals surface area contributed by atoms with Crippen LogP contribution >= 0.6 is 15.9 Å². The van der Waals surface area contributed by atoms with Crippen molar-refractivity contribution >= 4 is 37.5 Å². The molecule has 0 aliphatic carbocycles. The Kier molecular flexibility index (Phi) is 6.93. The van der Waals surface area contributed by atoms with Gasteiger partial charge in [0.25, 0.3) is 0 Å². The van der Waals surface area contributed by atoms with Gasteiger partial charge in [0.1, 0.15) is 11.5 Å². The Bertz CT molecular complexity index is 1170. The SMILES string of the molecule is O=C(Nc1ccc(Oc2ccccc2)cc1)[C@@H]1CCCN(S(=O)(=O)c2ccc(Br)cc2)C1. The van der Waals surface area contributed by atoms with E-state index in [4.69, 9.17) is 4.74 Å². The Morgan fingerprint density at radius 2 is 1.59 bits per heavy atom. The maximum Gasteiger partial charge on any atom is 0.243 e. The molecule has 0 saturated carbocycles. The lowest BCUT2D eigenvalue weighted by Gasteiger charge is -2.31. The summed E-state index contributed by atoms with van der Waals surface area (Å²) in [5, 5.41) is 2.90. The molecule has 166 valence electrons. The molecule has 4 rings (SSSR count). The van der Waals surface area contributed by atoms with Crippen LogP contribution in [-0.2, 0) is 14.8 Å². The average Bonchev–Trinajstić information content (AvgIpc) is 2.81. The van der Waals surface area contributed by atoms with Gasteiger partial charge in [-0.15, -0.1) is 0 Å². The molecular formula is C24H23BrN2O4S. The highest BCUT2D eigenvalue weighted by Gasteiger charge is 2.33. The van der Waals surface area contributed by atoms with Crippen molar-refractivity contribution in [3.05, 3.63) is 83.3 Å². The van der Waals surface area contributed by atoms with Crippen LogP contribution in [0.3, 0.4) is 0 Å². The van der Waals surface area contributed by atoms with E-state index in [1.807, 2.05) is 30.3 Å². The fraction of sp³-hybridized carbons (Fsp3) is 0.208. The first kappa shape index (κ1) is 22.5. The van der Waals surface area contributed by atoms with E-state index in [2.05, 4.69) is 21.2 Å². The number of sulfonamides is 1. The normalized spacial score (nSPS) is 17.0. The molecule has 32 heavy (non-hydrogen) atoms. The van der Waals surface area contributed by atoms with Crippen LogP contribution < -0.4 is 10.1 Å². The van der Waals surface area contributed by atoms with Crippen LogP contribution in [0.5, 0.6) is 11.5 Å². The molecule has 8 heteroatoms. The fourth-order valence-corrected chi connectivity index (χ4v) is 5.39. The van der Waals surface area contributed by atoms with E-state index < -0.39 is 15.9 Å². The number of benzene rings is 3. The fourth-order valence-electron chi connectivity index (χ4n) is 3.61. The third-order valence-corrected chi connectivity index (χ3v) is 7.72. The number of rotatable bonds is 6. The number of anilines is 1. The van der Waals surface area contributed by atoms with Gasteiger partial charge in [0, 0.05) is 23.2 Å². The Morgan fingerprint density at radius 3 is 2.28 bits per heavy atom. The third-order valence-electron chi connectivity index (χ3n) is 5.31. The number of piperidine rings is 1. The summed E-state index contributed by atoms with van der Waals surface area (Å²) in [7, 11) is -3.64. The minimum Gasteiger partial charge on any atom is -0.457 e. The van der Waals surface area contributed by atoms with Crippen molar-refractivity contribution in [3.63, 3.8) is 0 Å². The molecule has 0 spiro atoms. The monoisotopic (exact) mass is 514 g/mol. The van der Waals surface area contributed by atoms with Gasteiger partial charge in [-0.25, -0.2) is 8.42 Å². The summed E-state index contributed by atoms with van der Waals surface area (Å²) in [5.41, 5.74) is 0.642. The number of carbonyl (C=O) groups is 1. The molecule has 1 atom stereocenters. The van der Waals surface area contributed by atoms with E-state index in [0.717, 1.165) is 10.2 Å². The van der Waals surface area contributed by atoms with Crippen molar-refractivity contribution < 1.29 is 17.9 Å². The van der Waals surface area contributed by atoms with Gasteiger partial charge in [0.15, 0.2) is 0 Å². The largest absolute Gasteiger partial charge is 0.457 e. The van der Waals surface area contributed by atoms with Crippen LogP contribution in [0.25, 0.3) is 0 Å². The molecule has 0 radical (unpaired) electrons. The molecule has 1 N–H and O–H groups in total. The molecule has 1 fully saturated rings. The summed E-state index contributed by atoms with van der Waals surface area (Å²) < 4.78 is 33.9. The van der Waals surface area contributed by atoms with E-state index in [9.17, 15) is 13.2 Å². The summed E-state index contributed by atoms with van der Waals surface area (Å²) in [6.45, 7) is 0.577. The quantitative estimate of drug-likeness (QED) is 0.485. The van der Waals surface area contributed by atoms with Gasteiger partial charge in [0.05, 0.1) is 10.8 Å². The molecule has 1 aliphatic heterocycles. The molecular weight excluding hydrogens is 492 g/mol. The molecule has 1 saturated heterocycles. The van der Waals surface area contributed by atoms with Gasteiger partial charge in [-0.2, -0.15) is 4.31 Å². The predicted octanol–water partition coefficient (Wildman–Crippen LogP) is 5.28. The average molecular weight is 515 g/mol. The van der Waals surface area contributed by atoms with Crippen LogP contribution in [0.1, 0.15) is 12.8 Å². The topological polar surface area (TPSA) is 75.7 Å². The molecule has 1 amide bonds. The van der Waals surface area contributed by atoms with Gasteiger partial charge >= 0.3 is 0 Å². The second-order valence-electron chi connectivity index (χ2n) is 7.58. The van der Waals surface area contributed by atoms with Gasteiger partial charge in [-0.3, -0.25) is 4.79 Å². The first-order valence-electron chi connectivity index (χ1n) is 10.3. The minimum absolute atomic E-state index is 0.166. The zero-order valence-corrected chi connectivity index (χ0v) is 19.7. The lowest BCUT2D eigenvalue weighted by atomic mass is 9.99. The summed E-state index contributed by atoms with van der Waals surface area (Å²) in [5.74, 6) is 0.809. The number of halogens is 1. The van der Waals surface area contributed by atoms with E-state index >= 15 is 0 Å². The van der Waals surface area contributed by atoms with E-state index in [0.29, 0.717) is 30.8 Å². The maximum atomic E-state index is 13.0. The molecule has 3 aromatic rings. The number of ether oxygens (including phenoxy) is 1. The number of nitrogens with zero attached hydrogens (tertiary/aromatic N) is 1. The molecule has 6 nitrogen and oxygen atoms in total. The number of carbonyl (C=O) groups excluding carboxylic acids is 1. The highest BCUT2D eigenvalue weighted by atomic mass is 79.9. The molecule has 0 aromatic heterocycles. The predicted molar refractivity (Wildman–Crippen MR) is 127 cm³/mol. The smallest absolute Gasteiger partial charge is 0.243 e. The van der Waals surface area contributed by atoms with Crippen molar-refractivity contribution in [1.82, 2.24) is 4.31 Å². The highest BCUT2D eigenvalue weighted by molar-refractivity contribution is 9.10. The summed E-state index contributed by atoms with van der Waals surface area (Å²) >= 11 is 3.32. The zero-order valence-electron chi connectivity index (χ0n) is 17.3. The second-order valence-corrected chi connectivity index (χ2v) is 10.4. The maximum absolute atomic E-state index is 13.0. The Labute approximate surface area is 196 Å².